The Morgan fingerprint density at radius 2 is 1.77 bits per heavy atom. The molecule has 0 aliphatic carbocycles. The van der Waals surface area contributed by atoms with Crippen LogP contribution in [0.5, 0.6) is 0 Å². The zero-order chi connectivity index (χ0) is 19.3. The number of carbonyl (C=O) groups excluding carboxylic acids is 1. The van der Waals surface area contributed by atoms with Gasteiger partial charge in [-0.15, -0.1) is 0 Å². The van der Waals surface area contributed by atoms with Gasteiger partial charge in [0.1, 0.15) is 0 Å². The summed E-state index contributed by atoms with van der Waals surface area (Å²) >= 11 is 0. The molecule has 144 valence electrons. The average Bonchev–Trinajstić information content (AvgIpc) is 2.60. The fourth-order valence-corrected chi connectivity index (χ4v) is 4.05. The van der Waals surface area contributed by atoms with E-state index < -0.39 is 21.2 Å². The number of aromatic carboxylic acids is 1. The van der Waals surface area contributed by atoms with E-state index >= 15 is 0 Å². The number of hydrogen-bond donors (Lipinski definition) is 3. The fraction of sp³-hybridized carbons (Fsp3) is 0.529. The number of nitrogens with zero attached hydrogens (tertiary/aromatic N) is 1. The summed E-state index contributed by atoms with van der Waals surface area (Å²) in [6.07, 6.45) is 1.15. The van der Waals surface area contributed by atoms with Crippen molar-refractivity contribution in [2.24, 2.45) is 0 Å². The third-order valence-electron chi connectivity index (χ3n) is 4.40. The summed E-state index contributed by atoms with van der Waals surface area (Å²) in [4.78, 5) is 22.8. The van der Waals surface area contributed by atoms with E-state index in [2.05, 4.69) is 10.6 Å². The molecule has 1 aliphatic rings. The summed E-state index contributed by atoms with van der Waals surface area (Å²) in [5, 5.41) is 14.0. The van der Waals surface area contributed by atoms with E-state index in [1.54, 1.807) is 26.0 Å². The number of sulfonamides is 1. The second kappa shape index (κ2) is 8.50. The van der Waals surface area contributed by atoms with E-state index in [1.165, 1.54) is 16.4 Å². The molecular formula is C17H25N3O5S. The van der Waals surface area contributed by atoms with Crippen molar-refractivity contribution in [2.75, 3.05) is 13.1 Å². The molecule has 0 aromatic heterocycles. The van der Waals surface area contributed by atoms with Crippen LogP contribution >= 0.6 is 0 Å². The molecule has 0 saturated carbocycles. The van der Waals surface area contributed by atoms with E-state index in [0.29, 0.717) is 25.9 Å². The van der Waals surface area contributed by atoms with Gasteiger partial charge in [-0.05, 0) is 44.4 Å². The van der Waals surface area contributed by atoms with Crippen LogP contribution in [0.25, 0.3) is 0 Å². The Morgan fingerprint density at radius 1 is 1.19 bits per heavy atom. The minimum Gasteiger partial charge on any atom is -0.478 e. The molecule has 1 aliphatic heterocycles. The number of urea groups is 1. The van der Waals surface area contributed by atoms with Crippen molar-refractivity contribution in [2.45, 2.75) is 44.5 Å². The van der Waals surface area contributed by atoms with Gasteiger partial charge in [0.2, 0.25) is 10.0 Å². The quantitative estimate of drug-likeness (QED) is 0.686. The van der Waals surface area contributed by atoms with Gasteiger partial charge in [0.05, 0.1) is 10.8 Å². The Kier molecular flexibility index (Phi) is 6.60. The van der Waals surface area contributed by atoms with Crippen LogP contribution in [0.3, 0.4) is 0 Å². The predicted octanol–water partition coefficient (Wildman–Crippen LogP) is 1.39. The third kappa shape index (κ3) is 5.18. The number of carboxylic acid groups (broad SMARTS) is 1. The molecule has 26 heavy (non-hydrogen) atoms. The van der Waals surface area contributed by atoms with Gasteiger partial charge < -0.3 is 15.7 Å². The lowest BCUT2D eigenvalue weighted by Gasteiger charge is -2.32. The summed E-state index contributed by atoms with van der Waals surface area (Å²) in [5.41, 5.74) is 0.990. The van der Waals surface area contributed by atoms with Crippen molar-refractivity contribution in [3.8, 4) is 0 Å². The van der Waals surface area contributed by atoms with Gasteiger partial charge in [0.25, 0.3) is 0 Å². The molecular weight excluding hydrogens is 358 g/mol. The second-order valence-corrected chi connectivity index (χ2v) is 9.09. The van der Waals surface area contributed by atoms with E-state index in [4.69, 9.17) is 5.11 Å². The molecule has 0 spiro atoms. The van der Waals surface area contributed by atoms with Gasteiger partial charge in [-0.2, -0.15) is 0 Å². The van der Waals surface area contributed by atoms with Crippen LogP contribution in [0, 0.1) is 0 Å². The van der Waals surface area contributed by atoms with Crippen molar-refractivity contribution in [3.63, 3.8) is 0 Å². The van der Waals surface area contributed by atoms with Gasteiger partial charge in [-0.25, -0.2) is 22.3 Å². The maximum atomic E-state index is 12.1. The molecule has 8 nitrogen and oxygen atoms in total. The molecule has 2 amide bonds. The predicted molar refractivity (Wildman–Crippen MR) is 97.4 cm³/mol. The molecule has 9 heteroatoms. The molecule has 0 unspecified atom stereocenters. The number of hydrogen-bond acceptors (Lipinski definition) is 4. The SMILES string of the molecule is CC(C)S(=O)(=O)N1CCC(NC(=O)NCc2ccc(C(=O)O)cc2)CC1. The number of carbonyl (C=O) groups is 2. The number of amides is 2. The first-order valence-corrected chi connectivity index (χ1v) is 10.1. The van der Waals surface area contributed by atoms with Gasteiger partial charge in [-0.3, -0.25) is 0 Å². The van der Waals surface area contributed by atoms with Gasteiger partial charge in [0.15, 0.2) is 0 Å². The summed E-state index contributed by atoms with van der Waals surface area (Å²) in [7, 11) is -3.24. The van der Waals surface area contributed by atoms with Crippen molar-refractivity contribution < 1.29 is 23.1 Å². The average molecular weight is 383 g/mol. The normalized spacial score (nSPS) is 16.4. The van der Waals surface area contributed by atoms with Gasteiger partial charge in [0, 0.05) is 25.7 Å². The number of rotatable bonds is 6. The van der Waals surface area contributed by atoms with Crippen LogP contribution in [0.15, 0.2) is 24.3 Å². The minimum absolute atomic E-state index is 0.0667. The summed E-state index contributed by atoms with van der Waals surface area (Å²) in [6.45, 7) is 4.42. The largest absolute Gasteiger partial charge is 0.478 e. The Labute approximate surface area is 153 Å². The topological polar surface area (TPSA) is 116 Å². The number of nitrogens with one attached hydrogen (secondary N) is 2. The molecule has 2 rings (SSSR count). The maximum Gasteiger partial charge on any atom is 0.335 e. The molecule has 3 N–H and O–H groups in total. The minimum atomic E-state index is -3.24. The van der Waals surface area contributed by atoms with Crippen LogP contribution in [0.2, 0.25) is 0 Å². The lowest BCUT2D eigenvalue weighted by atomic mass is 10.1. The third-order valence-corrected chi connectivity index (χ3v) is 6.68. The van der Waals surface area contributed by atoms with Gasteiger partial charge >= 0.3 is 12.0 Å². The molecule has 1 aromatic carbocycles. The number of piperidine rings is 1. The van der Waals surface area contributed by atoms with Gasteiger partial charge in [-0.1, -0.05) is 12.1 Å². The van der Waals surface area contributed by atoms with Crippen molar-refractivity contribution in [3.05, 3.63) is 35.4 Å². The molecule has 0 bridgehead atoms. The lowest BCUT2D eigenvalue weighted by Crippen LogP contribution is -2.50. The van der Waals surface area contributed by atoms with Crippen LogP contribution in [0.1, 0.15) is 42.6 Å². The number of benzene rings is 1. The fourth-order valence-electron chi connectivity index (χ4n) is 2.74. The standard InChI is InChI=1S/C17H25N3O5S/c1-12(2)26(24,25)20-9-7-15(8-10-20)19-17(23)18-11-13-3-5-14(6-4-13)16(21)22/h3-6,12,15H,7-11H2,1-2H3,(H,21,22)(H2,18,19,23). The number of carboxylic acids is 1. The molecule has 1 fully saturated rings. The van der Waals surface area contributed by atoms with E-state index in [1.807, 2.05) is 0 Å². The Bertz CT molecular complexity index is 738. The zero-order valence-corrected chi connectivity index (χ0v) is 15.8. The monoisotopic (exact) mass is 383 g/mol. The van der Waals surface area contributed by atoms with Crippen LogP contribution in [-0.2, 0) is 16.6 Å². The van der Waals surface area contributed by atoms with Crippen LogP contribution in [-0.4, -0.2) is 54.2 Å². The Balaban J connectivity index is 1.76. The molecule has 0 radical (unpaired) electrons. The first kappa shape index (κ1) is 20.2. The molecule has 1 aromatic rings. The first-order valence-electron chi connectivity index (χ1n) is 8.55. The smallest absolute Gasteiger partial charge is 0.335 e. The van der Waals surface area contributed by atoms with Crippen LogP contribution in [0.4, 0.5) is 4.79 Å². The van der Waals surface area contributed by atoms with E-state index in [-0.39, 0.29) is 24.2 Å². The highest BCUT2D eigenvalue weighted by molar-refractivity contribution is 7.89. The Morgan fingerprint density at radius 3 is 2.27 bits per heavy atom. The summed E-state index contributed by atoms with van der Waals surface area (Å²) in [6, 6.07) is 5.89. The van der Waals surface area contributed by atoms with Crippen LogP contribution < -0.4 is 10.6 Å². The van der Waals surface area contributed by atoms with Crippen molar-refractivity contribution >= 4 is 22.0 Å². The highest BCUT2D eigenvalue weighted by Crippen LogP contribution is 2.17. The highest BCUT2D eigenvalue weighted by atomic mass is 32.2. The Hall–Kier alpha value is -2.13. The molecule has 1 heterocycles. The van der Waals surface area contributed by atoms with Crippen molar-refractivity contribution in [1.29, 1.82) is 0 Å². The molecule has 1 saturated heterocycles. The van der Waals surface area contributed by atoms with Crippen molar-refractivity contribution in [1.82, 2.24) is 14.9 Å². The summed E-state index contributed by atoms with van der Waals surface area (Å²) in [5.74, 6) is -0.993. The lowest BCUT2D eigenvalue weighted by molar-refractivity contribution is 0.0697. The van der Waals surface area contributed by atoms with E-state index in [9.17, 15) is 18.0 Å². The zero-order valence-electron chi connectivity index (χ0n) is 14.9. The van der Waals surface area contributed by atoms with E-state index in [0.717, 1.165) is 5.56 Å². The molecule has 0 atom stereocenters. The highest BCUT2D eigenvalue weighted by Gasteiger charge is 2.30. The second-order valence-electron chi connectivity index (χ2n) is 6.60. The first-order chi connectivity index (χ1) is 12.2. The maximum absolute atomic E-state index is 12.1. The summed E-state index contributed by atoms with van der Waals surface area (Å²) < 4.78 is 25.7.